The molecular formula is C12H29N5. The Labute approximate surface area is 106 Å². The lowest BCUT2D eigenvalue weighted by atomic mass is 10.2. The number of piperazine rings is 1. The third kappa shape index (κ3) is 6.33. The number of rotatable bonds is 7. The van der Waals surface area contributed by atoms with Crippen LogP contribution in [0.4, 0.5) is 0 Å². The molecule has 1 unspecified atom stereocenters. The van der Waals surface area contributed by atoms with Crippen molar-refractivity contribution in [3.63, 3.8) is 0 Å². The van der Waals surface area contributed by atoms with Crippen molar-refractivity contribution in [2.24, 2.45) is 5.73 Å². The van der Waals surface area contributed by atoms with Gasteiger partial charge in [-0.3, -0.25) is 4.90 Å². The van der Waals surface area contributed by atoms with Gasteiger partial charge in [-0.05, 0) is 21.1 Å². The Balaban J connectivity index is 2.20. The smallest absolute Gasteiger partial charge is 0.0323 e. The summed E-state index contributed by atoms with van der Waals surface area (Å²) in [5, 5.41) is 3.59. The molecule has 102 valence electrons. The van der Waals surface area contributed by atoms with Gasteiger partial charge in [-0.15, -0.1) is 0 Å². The maximum atomic E-state index is 5.61. The normalized spacial score (nSPS) is 22.6. The van der Waals surface area contributed by atoms with Gasteiger partial charge in [0.05, 0.1) is 0 Å². The molecule has 1 saturated heterocycles. The predicted molar refractivity (Wildman–Crippen MR) is 73.3 cm³/mol. The van der Waals surface area contributed by atoms with Crippen molar-refractivity contribution < 1.29 is 0 Å². The molecule has 5 nitrogen and oxygen atoms in total. The van der Waals surface area contributed by atoms with Crippen molar-refractivity contribution >= 4 is 0 Å². The molecule has 0 amide bonds. The Morgan fingerprint density at radius 3 is 2.71 bits per heavy atom. The van der Waals surface area contributed by atoms with Crippen molar-refractivity contribution in [1.29, 1.82) is 0 Å². The van der Waals surface area contributed by atoms with Crippen molar-refractivity contribution in [1.82, 2.24) is 20.0 Å². The number of likely N-dealkylation sites (N-methyl/N-ethyl adjacent to an activating group) is 2. The molecule has 0 spiro atoms. The van der Waals surface area contributed by atoms with Crippen molar-refractivity contribution in [3.8, 4) is 0 Å². The fourth-order valence-electron chi connectivity index (χ4n) is 2.24. The van der Waals surface area contributed by atoms with E-state index < -0.39 is 0 Å². The zero-order valence-electron chi connectivity index (χ0n) is 11.7. The molecule has 0 radical (unpaired) electrons. The second-order valence-electron chi connectivity index (χ2n) is 5.31. The summed E-state index contributed by atoms with van der Waals surface area (Å²) in [7, 11) is 6.44. The van der Waals surface area contributed by atoms with Gasteiger partial charge in [-0.25, -0.2) is 0 Å². The molecule has 1 aliphatic rings. The Morgan fingerprint density at radius 2 is 2.06 bits per heavy atom. The Hall–Kier alpha value is -0.200. The monoisotopic (exact) mass is 243 g/mol. The predicted octanol–water partition coefficient (Wildman–Crippen LogP) is -1.29. The lowest BCUT2D eigenvalue weighted by molar-refractivity contribution is 0.169. The summed E-state index contributed by atoms with van der Waals surface area (Å²) >= 11 is 0. The summed E-state index contributed by atoms with van der Waals surface area (Å²) in [6, 6.07) is 0.586. The first-order valence-electron chi connectivity index (χ1n) is 6.61. The first-order valence-corrected chi connectivity index (χ1v) is 6.61. The average molecular weight is 243 g/mol. The molecule has 1 rings (SSSR count). The summed E-state index contributed by atoms with van der Waals surface area (Å²) in [6.07, 6.45) is 0. The van der Waals surface area contributed by atoms with E-state index in [1.807, 2.05) is 0 Å². The Bertz CT molecular complexity index is 195. The molecule has 1 aliphatic heterocycles. The Morgan fingerprint density at radius 1 is 1.29 bits per heavy atom. The number of nitrogens with two attached hydrogens (primary N) is 1. The van der Waals surface area contributed by atoms with Crippen LogP contribution in [0.1, 0.15) is 0 Å². The van der Waals surface area contributed by atoms with E-state index in [4.69, 9.17) is 5.73 Å². The molecule has 5 heteroatoms. The van der Waals surface area contributed by atoms with Gasteiger partial charge >= 0.3 is 0 Å². The van der Waals surface area contributed by atoms with E-state index in [2.05, 4.69) is 41.2 Å². The van der Waals surface area contributed by atoms with Gasteiger partial charge in [0.25, 0.3) is 0 Å². The third-order valence-electron chi connectivity index (χ3n) is 3.25. The second kappa shape index (κ2) is 8.00. The molecule has 0 aliphatic carbocycles. The molecule has 3 N–H and O–H groups in total. The molecule has 0 bridgehead atoms. The minimum atomic E-state index is 0.586. The van der Waals surface area contributed by atoms with E-state index >= 15 is 0 Å². The summed E-state index contributed by atoms with van der Waals surface area (Å²) in [5.74, 6) is 0. The number of nitrogens with zero attached hydrogens (tertiary/aromatic N) is 3. The van der Waals surface area contributed by atoms with Gasteiger partial charge in [0.15, 0.2) is 0 Å². The molecule has 1 heterocycles. The van der Waals surface area contributed by atoms with E-state index in [1.54, 1.807) is 0 Å². The van der Waals surface area contributed by atoms with Crippen LogP contribution in [0, 0.1) is 0 Å². The maximum absolute atomic E-state index is 5.61. The lowest BCUT2D eigenvalue weighted by Crippen LogP contribution is -2.55. The first-order chi connectivity index (χ1) is 8.11. The highest BCUT2D eigenvalue weighted by molar-refractivity contribution is 4.80. The highest BCUT2D eigenvalue weighted by Crippen LogP contribution is 2.00. The van der Waals surface area contributed by atoms with Crippen LogP contribution in [0.2, 0.25) is 0 Å². The summed E-state index contributed by atoms with van der Waals surface area (Å²) in [6.45, 7) is 8.51. The van der Waals surface area contributed by atoms with Crippen LogP contribution in [-0.4, -0.2) is 94.2 Å². The highest BCUT2D eigenvalue weighted by Gasteiger charge is 2.19. The van der Waals surface area contributed by atoms with Crippen molar-refractivity contribution in [2.45, 2.75) is 6.04 Å². The molecule has 1 atom stereocenters. The van der Waals surface area contributed by atoms with E-state index in [0.717, 1.165) is 52.4 Å². The minimum absolute atomic E-state index is 0.586. The molecule has 0 aromatic rings. The number of hydrogen-bond acceptors (Lipinski definition) is 5. The molecule has 17 heavy (non-hydrogen) atoms. The summed E-state index contributed by atoms with van der Waals surface area (Å²) in [5.41, 5.74) is 5.61. The topological polar surface area (TPSA) is 47.8 Å². The summed E-state index contributed by atoms with van der Waals surface area (Å²) < 4.78 is 0. The Kier molecular flexibility index (Phi) is 6.99. The fourth-order valence-corrected chi connectivity index (χ4v) is 2.24. The van der Waals surface area contributed by atoms with Crippen LogP contribution in [0.5, 0.6) is 0 Å². The van der Waals surface area contributed by atoms with Crippen LogP contribution in [-0.2, 0) is 0 Å². The number of nitrogens with one attached hydrogen (secondary N) is 1. The third-order valence-corrected chi connectivity index (χ3v) is 3.25. The molecular weight excluding hydrogens is 214 g/mol. The van der Waals surface area contributed by atoms with E-state index in [9.17, 15) is 0 Å². The van der Waals surface area contributed by atoms with Crippen LogP contribution in [0.3, 0.4) is 0 Å². The average Bonchev–Trinajstić information content (AvgIpc) is 2.27. The van der Waals surface area contributed by atoms with Crippen molar-refractivity contribution in [3.05, 3.63) is 0 Å². The van der Waals surface area contributed by atoms with E-state index in [0.29, 0.717) is 6.04 Å². The van der Waals surface area contributed by atoms with Crippen LogP contribution in [0.15, 0.2) is 0 Å². The highest BCUT2D eigenvalue weighted by atomic mass is 15.2. The zero-order valence-corrected chi connectivity index (χ0v) is 11.7. The van der Waals surface area contributed by atoms with Gasteiger partial charge in [-0.2, -0.15) is 0 Å². The standard InChI is InChI=1S/C12H29N5/c1-15(2)8-9-16(3)10-12-11-17(6-4-13)7-5-14-12/h12,14H,4-11,13H2,1-3H3. The fraction of sp³-hybridized carbons (Fsp3) is 1.00. The van der Waals surface area contributed by atoms with Gasteiger partial charge in [0, 0.05) is 58.4 Å². The zero-order chi connectivity index (χ0) is 12.7. The first kappa shape index (κ1) is 14.9. The molecule has 1 fully saturated rings. The minimum Gasteiger partial charge on any atom is -0.329 e. The van der Waals surface area contributed by atoms with E-state index in [-0.39, 0.29) is 0 Å². The maximum Gasteiger partial charge on any atom is 0.0323 e. The van der Waals surface area contributed by atoms with Gasteiger partial charge in [0.1, 0.15) is 0 Å². The molecule has 0 saturated carbocycles. The quantitative estimate of drug-likeness (QED) is 0.583. The van der Waals surface area contributed by atoms with Gasteiger partial charge in [0.2, 0.25) is 0 Å². The van der Waals surface area contributed by atoms with E-state index in [1.165, 1.54) is 0 Å². The van der Waals surface area contributed by atoms with Crippen molar-refractivity contribution in [2.75, 3.05) is 73.5 Å². The lowest BCUT2D eigenvalue weighted by Gasteiger charge is -2.35. The van der Waals surface area contributed by atoms with Crippen LogP contribution < -0.4 is 11.1 Å². The molecule has 0 aromatic carbocycles. The van der Waals surface area contributed by atoms with Gasteiger partial charge < -0.3 is 20.9 Å². The second-order valence-corrected chi connectivity index (χ2v) is 5.31. The van der Waals surface area contributed by atoms with Crippen LogP contribution in [0.25, 0.3) is 0 Å². The SMILES string of the molecule is CN(C)CCN(C)CC1CN(CCN)CCN1. The van der Waals surface area contributed by atoms with Gasteiger partial charge in [-0.1, -0.05) is 0 Å². The summed E-state index contributed by atoms with van der Waals surface area (Å²) in [4.78, 5) is 7.09. The van der Waals surface area contributed by atoms with Crippen LogP contribution >= 0.6 is 0 Å². The largest absolute Gasteiger partial charge is 0.329 e. The number of hydrogen-bond donors (Lipinski definition) is 2. The molecule has 0 aromatic heterocycles.